The van der Waals surface area contributed by atoms with Gasteiger partial charge in [0.2, 0.25) is 11.0 Å². The Balaban J connectivity index is 1.68. The first-order valence-electron chi connectivity index (χ1n) is 8.53. The molecule has 30 heavy (non-hydrogen) atoms. The maximum atomic E-state index is 12.7. The van der Waals surface area contributed by atoms with Gasteiger partial charge in [-0.1, -0.05) is 34.5 Å². The zero-order valence-corrected chi connectivity index (χ0v) is 18.2. The molecule has 3 aromatic rings. The maximum absolute atomic E-state index is 12.7. The number of methoxy groups -OCH3 is 1. The number of amides is 2. The van der Waals surface area contributed by atoms with Crippen molar-refractivity contribution in [1.82, 2.24) is 10.2 Å². The van der Waals surface area contributed by atoms with Crippen LogP contribution in [0.15, 0.2) is 36.4 Å². The van der Waals surface area contributed by atoms with Crippen LogP contribution >= 0.6 is 34.5 Å². The van der Waals surface area contributed by atoms with Crippen molar-refractivity contribution in [1.29, 1.82) is 0 Å². The van der Waals surface area contributed by atoms with Crippen LogP contribution in [0.25, 0.3) is 0 Å². The van der Waals surface area contributed by atoms with Crippen LogP contribution < -0.4 is 20.1 Å². The Bertz CT molecular complexity index is 1070. The first-order chi connectivity index (χ1) is 14.4. The van der Waals surface area contributed by atoms with Crippen molar-refractivity contribution in [2.75, 3.05) is 17.7 Å². The molecule has 2 N–H and O–H groups in total. The molecule has 2 aromatic carbocycles. The number of carbonyl (C=O) groups is 2. The van der Waals surface area contributed by atoms with Crippen molar-refractivity contribution in [3.8, 4) is 11.5 Å². The summed E-state index contributed by atoms with van der Waals surface area (Å²) >= 11 is 13.2. The SMILES string of the molecule is COc1cc(NC(C)=O)c(Cl)cc1C(=O)Nc1nnc(COc2ccc(Cl)cc2)s1. The zero-order chi connectivity index (χ0) is 21.7. The number of anilines is 2. The number of benzene rings is 2. The number of rotatable bonds is 7. The summed E-state index contributed by atoms with van der Waals surface area (Å²) in [5.74, 6) is 0.109. The van der Waals surface area contributed by atoms with Crippen molar-refractivity contribution in [2.24, 2.45) is 0 Å². The third-order valence-electron chi connectivity index (χ3n) is 3.71. The Kier molecular flexibility index (Phi) is 7.09. The van der Waals surface area contributed by atoms with Gasteiger partial charge >= 0.3 is 0 Å². The largest absolute Gasteiger partial charge is 0.496 e. The van der Waals surface area contributed by atoms with Crippen LogP contribution in [0.3, 0.4) is 0 Å². The van der Waals surface area contributed by atoms with Gasteiger partial charge in [-0.25, -0.2) is 0 Å². The van der Waals surface area contributed by atoms with E-state index in [0.717, 1.165) is 0 Å². The van der Waals surface area contributed by atoms with Crippen LogP contribution in [0, 0.1) is 0 Å². The lowest BCUT2D eigenvalue weighted by molar-refractivity contribution is -0.114. The molecule has 1 heterocycles. The standard InChI is InChI=1S/C19H16Cl2N4O4S/c1-10(26)22-15-8-16(28-2)13(7-14(15)21)18(27)23-19-25-24-17(30-19)9-29-12-5-3-11(20)4-6-12/h3-8H,9H2,1-2H3,(H,22,26)(H,23,25,27). The lowest BCUT2D eigenvalue weighted by Crippen LogP contribution is -2.14. The van der Waals surface area contributed by atoms with Gasteiger partial charge in [0.15, 0.2) is 5.01 Å². The van der Waals surface area contributed by atoms with Gasteiger partial charge in [-0.3, -0.25) is 14.9 Å². The molecule has 0 saturated heterocycles. The quantitative estimate of drug-likeness (QED) is 0.525. The van der Waals surface area contributed by atoms with E-state index in [0.29, 0.717) is 26.6 Å². The Morgan fingerprint density at radius 3 is 2.50 bits per heavy atom. The highest BCUT2D eigenvalue weighted by atomic mass is 35.5. The van der Waals surface area contributed by atoms with E-state index in [9.17, 15) is 9.59 Å². The molecule has 0 aliphatic carbocycles. The second kappa shape index (κ2) is 9.75. The van der Waals surface area contributed by atoms with Gasteiger partial charge in [0.05, 0.1) is 23.4 Å². The van der Waals surface area contributed by atoms with Crippen LogP contribution in [0.4, 0.5) is 10.8 Å². The Labute approximate surface area is 186 Å². The van der Waals surface area contributed by atoms with Gasteiger partial charge in [-0.05, 0) is 30.3 Å². The molecule has 0 radical (unpaired) electrons. The summed E-state index contributed by atoms with van der Waals surface area (Å²) in [6.45, 7) is 1.54. The van der Waals surface area contributed by atoms with E-state index in [4.69, 9.17) is 32.7 Å². The van der Waals surface area contributed by atoms with Crippen molar-refractivity contribution < 1.29 is 19.1 Å². The normalized spacial score (nSPS) is 10.4. The lowest BCUT2D eigenvalue weighted by atomic mass is 10.1. The Hall–Kier alpha value is -2.88. The van der Waals surface area contributed by atoms with E-state index in [1.165, 1.54) is 37.5 Å². The number of ether oxygens (including phenoxy) is 2. The summed E-state index contributed by atoms with van der Waals surface area (Å²) in [5.41, 5.74) is 0.529. The smallest absolute Gasteiger partial charge is 0.261 e. The zero-order valence-electron chi connectivity index (χ0n) is 15.9. The predicted octanol–water partition coefficient (Wildman–Crippen LogP) is 4.64. The molecule has 3 rings (SSSR count). The first-order valence-corrected chi connectivity index (χ1v) is 10.1. The van der Waals surface area contributed by atoms with E-state index in [-0.39, 0.29) is 28.8 Å². The maximum Gasteiger partial charge on any atom is 0.261 e. The van der Waals surface area contributed by atoms with Gasteiger partial charge in [-0.15, -0.1) is 10.2 Å². The van der Waals surface area contributed by atoms with Crippen LogP contribution in [0.2, 0.25) is 10.0 Å². The number of hydrogen-bond acceptors (Lipinski definition) is 7. The molecule has 0 atom stereocenters. The van der Waals surface area contributed by atoms with Crippen LogP contribution in [0.5, 0.6) is 11.5 Å². The Morgan fingerprint density at radius 1 is 1.10 bits per heavy atom. The third kappa shape index (κ3) is 5.59. The number of nitrogens with one attached hydrogen (secondary N) is 2. The Morgan fingerprint density at radius 2 is 1.83 bits per heavy atom. The van der Waals surface area contributed by atoms with E-state index in [1.807, 2.05) is 0 Å². The summed E-state index contributed by atoms with van der Waals surface area (Å²) < 4.78 is 10.9. The number of aromatic nitrogens is 2. The molecule has 156 valence electrons. The van der Waals surface area contributed by atoms with E-state index in [2.05, 4.69) is 20.8 Å². The molecule has 11 heteroatoms. The molecule has 0 bridgehead atoms. The molecule has 0 fully saturated rings. The van der Waals surface area contributed by atoms with Gasteiger partial charge in [-0.2, -0.15) is 0 Å². The van der Waals surface area contributed by atoms with Crippen LogP contribution in [-0.2, 0) is 11.4 Å². The summed E-state index contributed by atoms with van der Waals surface area (Å²) in [4.78, 5) is 23.9. The monoisotopic (exact) mass is 466 g/mol. The minimum atomic E-state index is -0.482. The van der Waals surface area contributed by atoms with Crippen LogP contribution in [0.1, 0.15) is 22.3 Å². The minimum Gasteiger partial charge on any atom is -0.496 e. The molecule has 1 aromatic heterocycles. The third-order valence-corrected chi connectivity index (χ3v) is 5.08. The average molecular weight is 467 g/mol. The van der Waals surface area contributed by atoms with Crippen LogP contribution in [-0.4, -0.2) is 29.1 Å². The lowest BCUT2D eigenvalue weighted by Gasteiger charge is -2.12. The number of hydrogen-bond donors (Lipinski definition) is 2. The topological polar surface area (TPSA) is 102 Å². The van der Waals surface area contributed by atoms with Gasteiger partial charge in [0, 0.05) is 18.0 Å². The van der Waals surface area contributed by atoms with E-state index < -0.39 is 5.91 Å². The second-order valence-electron chi connectivity index (χ2n) is 5.91. The van der Waals surface area contributed by atoms with Gasteiger partial charge in [0.1, 0.15) is 18.1 Å². The molecule has 0 aliphatic rings. The highest BCUT2D eigenvalue weighted by Gasteiger charge is 2.18. The molecule has 8 nitrogen and oxygen atoms in total. The first kappa shape index (κ1) is 21.8. The molecule has 0 spiro atoms. The van der Waals surface area contributed by atoms with E-state index >= 15 is 0 Å². The number of nitrogens with zero attached hydrogens (tertiary/aromatic N) is 2. The molecule has 0 aliphatic heterocycles. The highest BCUT2D eigenvalue weighted by Crippen LogP contribution is 2.32. The summed E-state index contributed by atoms with van der Waals surface area (Å²) in [6.07, 6.45) is 0. The fraction of sp³-hybridized carbons (Fsp3) is 0.158. The molecular formula is C19H16Cl2N4O4S. The van der Waals surface area contributed by atoms with Crippen molar-refractivity contribution in [2.45, 2.75) is 13.5 Å². The highest BCUT2D eigenvalue weighted by molar-refractivity contribution is 7.15. The molecule has 0 unspecified atom stereocenters. The molecule has 2 amide bonds. The summed E-state index contributed by atoms with van der Waals surface area (Å²) in [5, 5.41) is 14.9. The number of carbonyl (C=O) groups excluding carboxylic acids is 2. The minimum absolute atomic E-state index is 0.186. The van der Waals surface area contributed by atoms with Crippen molar-refractivity contribution in [3.63, 3.8) is 0 Å². The average Bonchev–Trinajstić information content (AvgIpc) is 3.15. The summed E-state index contributed by atoms with van der Waals surface area (Å²) in [7, 11) is 1.41. The van der Waals surface area contributed by atoms with Gasteiger partial charge < -0.3 is 14.8 Å². The summed E-state index contributed by atoms with van der Waals surface area (Å²) in [6, 6.07) is 9.81. The van der Waals surface area contributed by atoms with Crippen molar-refractivity contribution in [3.05, 3.63) is 57.0 Å². The number of halogens is 2. The van der Waals surface area contributed by atoms with Crippen molar-refractivity contribution >= 4 is 57.2 Å². The van der Waals surface area contributed by atoms with Gasteiger partial charge in [0.25, 0.3) is 5.91 Å². The molecular weight excluding hydrogens is 451 g/mol. The predicted molar refractivity (Wildman–Crippen MR) is 116 cm³/mol. The molecule has 0 saturated carbocycles. The van der Waals surface area contributed by atoms with E-state index in [1.54, 1.807) is 24.3 Å². The second-order valence-corrected chi connectivity index (χ2v) is 7.82. The fourth-order valence-corrected chi connectivity index (χ4v) is 3.37. The fourth-order valence-electron chi connectivity index (χ4n) is 2.39.